The molecule has 0 spiro atoms. The fourth-order valence-corrected chi connectivity index (χ4v) is 3.17. The van der Waals surface area contributed by atoms with E-state index >= 15 is 0 Å². The van der Waals surface area contributed by atoms with E-state index in [-0.39, 0.29) is 24.0 Å². The average Bonchev–Trinajstić information content (AvgIpc) is 2.68. The molecule has 1 atom stereocenters. The third-order valence-electron chi connectivity index (χ3n) is 4.17. The Kier molecular flexibility index (Phi) is 11.2. The second-order valence-electron chi connectivity index (χ2n) is 6.83. The van der Waals surface area contributed by atoms with E-state index in [1.807, 2.05) is 18.2 Å². The number of aliphatic imine (C=N–C) groups is 1. The molecule has 0 amide bonds. The van der Waals surface area contributed by atoms with Crippen LogP contribution in [0, 0.1) is 5.92 Å². The minimum absolute atomic E-state index is 0. The van der Waals surface area contributed by atoms with Crippen molar-refractivity contribution in [1.29, 1.82) is 0 Å². The Bertz CT molecular complexity index is 856. The third-order valence-corrected chi connectivity index (χ3v) is 5.30. The van der Waals surface area contributed by atoms with Crippen molar-refractivity contribution in [2.45, 2.75) is 25.0 Å². The van der Waals surface area contributed by atoms with Crippen molar-refractivity contribution < 1.29 is 13.2 Å². The molecule has 0 fully saturated rings. The number of nitrogens with one attached hydrogen (secondary N) is 2. The van der Waals surface area contributed by atoms with E-state index in [4.69, 9.17) is 4.74 Å². The van der Waals surface area contributed by atoms with Crippen LogP contribution in [0.4, 0.5) is 0 Å². The van der Waals surface area contributed by atoms with Gasteiger partial charge in [0.05, 0.1) is 18.1 Å². The number of sulfone groups is 1. The molecule has 2 rings (SSSR count). The highest BCUT2D eigenvalue weighted by atomic mass is 127. The average molecular weight is 531 g/mol. The Morgan fingerprint density at radius 3 is 2.28 bits per heavy atom. The Labute approximate surface area is 191 Å². The number of nitrogens with zero attached hydrogens (tertiary/aromatic N) is 1. The van der Waals surface area contributed by atoms with Crippen LogP contribution in [0.2, 0.25) is 0 Å². The molecule has 2 aromatic rings. The highest BCUT2D eigenvalue weighted by Crippen LogP contribution is 2.10. The molecule has 1 unspecified atom stereocenters. The lowest BCUT2D eigenvalue weighted by atomic mass is 10.2. The van der Waals surface area contributed by atoms with Gasteiger partial charge in [-0.1, -0.05) is 49.4 Å². The molecule has 0 saturated carbocycles. The Morgan fingerprint density at radius 2 is 1.69 bits per heavy atom. The molecule has 0 saturated heterocycles. The third kappa shape index (κ3) is 9.60. The number of halogens is 1. The lowest BCUT2D eigenvalue weighted by Crippen LogP contribution is -2.39. The molecule has 0 aliphatic carbocycles. The first kappa shape index (κ1) is 25.4. The van der Waals surface area contributed by atoms with Gasteiger partial charge in [-0.3, -0.25) is 4.99 Å². The maximum Gasteiger partial charge on any atom is 0.191 e. The zero-order valence-electron chi connectivity index (χ0n) is 17.1. The maximum absolute atomic E-state index is 11.5. The topological polar surface area (TPSA) is 79.8 Å². The lowest BCUT2D eigenvalue weighted by Gasteiger charge is -2.16. The van der Waals surface area contributed by atoms with Gasteiger partial charge in [-0.15, -0.1) is 24.0 Å². The molecular weight excluding hydrogens is 501 g/mol. The molecule has 0 aliphatic rings. The van der Waals surface area contributed by atoms with Crippen LogP contribution in [0.5, 0.6) is 0 Å². The lowest BCUT2D eigenvalue weighted by molar-refractivity contribution is 0.0931. The molecule has 0 aliphatic heterocycles. The van der Waals surface area contributed by atoms with Crippen molar-refractivity contribution >= 4 is 39.8 Å². The molecule has 29 heavy (non-hydrogen) atoms. The summed E-state index contributed by atoms with van der Waals surface area (Å²) in [4.78, 5) is 4.54. The van der Waals surface area contributed by atoms with Crippen molar-refractivity contribution in [2.24, 2.45) is 10.9 Å². The van der Waals surface area contributed by atoms with Gasteiger partial charge in [-0.25, -0.2) is 8.42 Å². The molecule has 2 N–H and O–H groups in total. The van der Waals surface area contributed by atoms with Gasteiger partial charge < -0.3 is 15.4 Å². The van der Waals surface area contributed by atoms with Gasteiger partial charge in [0, 0.05) is 26.4 Å². The monoisotopic (exact) mass is 531 g/mol. The maximum atomic E-state index is 11.5. The zero-order chi connectivity index (χ0) is 20.4. The number of guanidine groups is 1. The number of benzene rings is 2. The van der Waals surface area contributed by atoms with E-state index in [1.54, 1.807) is 31.3 Å². The molecule has 8 heteroatoms. The predicted molar refractivity (Wildman–Crippen MR) is 128 cm³/mol. The van der Waals surface area contributed by atoms with Gasteiger partial charge in [0.25, 0.3) is 0 Å². The van der Waals surface area contributed by atoms with Crippen LogP contribution >= 0.6 is 24.0 Å². The summed E-state index contributed by atoms with van der Waals surface area (Å²) in [6, 6.07) is 17.0. The minimum Gasteiger partial charge on any atom is -0.376 e. The van der Waals surface area contributed by atoms with Gasteiger partial charge in [0.2, 0.25) is 0 Å². The second kappa shape index (κ2) is 12.8. The van der Waals surface area contributed by atoms with E-state index < -0.39 is 9.84 Å². The van der Waals surface area contributed by atoms with Crippen molar-refractivity contribution in [1.82, 2.24) is 10.6 Å². The Hall–Kier alpha value is -1.65. The first-order chi connectivity index (χ1) is 13.4. The van der Waals surface area contributed by atoms with Crippen molar-refractivity contribution in [3.63, 3.8) is 0 Å². The summed E-state index contributed by atoms with van der Waals surface area (Å²) < 4.78 is 28.8. The summed E-state index contributed by atoms with van der Waals surface area (Å²) in [5.74, 6) is 1.03. The van der Waals surface area contributed by atoms with Crippen molar-refractivity contribution in [3.8, 4) is 0 Å². The van der Waals surface area contributed by atoms with E-state index in [1.165, 1.54) is 11.8 Å². The number of ether oxygens (including phenoxy) is 1. The smallest absolute Gasteiger partial charge is 0.191 e. The molecule has 160 valence electrons. The normalized spacial score (nSPS) is 12.7. The van der Waals surface area contributed by atoms with Gasteiger partial charge in [-0.05, 0) is 29.2 Å². The first-order valence-corrected chi connectivity index (χ1v) is 11.1. The van der Waals surface area contributed by atoms with Crippen LogP contribution < -0.4 is 10.6 Å². The minimum atomic E-state index is -3.17. The number of rotatable bonds is 9. The van der Waals surface area contributed by atoms with Crippen LogP contribution in [-0.2, 0) is 27.7 Å². The standard InChI is InChI=1S/C21H29N3O3S.HI/c1-17(15-27-16-19-7-5-4-6-8-19)13-23-21(22-2)24-14-18-9-11-20(12-10-18)28(3,25)26;/h4-12,17H,13-16H2,1-3H3,(H2,22,23,24);1H. The summed E-state index contributed by atoms with van der Waals surface area (Å²) in [6.45, 7) is 4.69. The molecule has 0 heterocycles. The van der Waals surface area contributed by atoms with E-state index in [0.29, 0.717) is 36.5 Å². The van der Waals surface area contributed by atoms with E-state index in [2.05, 4.69) is 34.7 Å². The number of hydrogen-bond donors (Lipinski definition) is 2. The van der Waals surface area contributed by atoms with Crippen molar-refractivity contribution in [2.75, 3.05) is 26.5 Å². The molecule has 0 bridgehead atoms. The first-order valence-electron chi connectivity index (χ1n) is 9.23. The second-order valence-corrected chi connectivity index (χ2v) is 8.84. The summed E-state index contributed by atoms with van der Waals surface area (Å²) in [5, 5.41) is 6.52. The fourth-order valence-electron chi connectivity index (χ4n) is 2.54. The largest absolute Gasteiger partial charge is 0.376 e. The van der Waals surface area contributed by atoms with E-state index in [0.717, 1.165) is 12.1 Å². The molecular formula is C21H30IN3O3S. The summed E-state index contributed by atoms with van der Waals surface area (Å²) in [5.41, 5.74) is 2.15. The van der Waals surface area contributed by atoms with Crippen LogP contribution in [0.25, 0.3) is 0 Å². The Balaban J connectivity index is 0.00000420. The summed E-state index contributed by atoms with van der Waals surface area (Å²) in [6.07, 6.45) is 1.21. The van der Waals surface area contributed by atoms with Gasteiger partial charge in [0.15, 0.2) is 15.8 Å². The Morgan fingerprint density at radius 1 is 1.03 bits per heavy atom. The predicted octanol–water partition coefficient (Wildman–Crippen LogP) is 3.23. The van der Waals surface area contributed by atoms with Gasteiger partial charge in [0.1, 0.15) is 0 Å². The van der Waals surface area contributed by atoms with E-state index in [9.17, 15) is 8.42 Å². The number of hydrogen-bond acceptors (Lipinski definition) is 4. The van der Waals surface area contributed by atoms with Crippen LogP contribution in [0.1, 0.15) is 18.1 Å². The van der Waals surface area contributed by atoms with Crippen LogP contribution in [-0.4, -0.2) is 40.8 Å². The molecule has 6 nitrogen and oxygen atoms in total. The highest BCUT2D eigenvalue weighted by Gasteiger charge is 2.07. The van der Waals surface area contributed by atoms with Gasteiger partial charge in [-0.2, -0.15) is 0 Å². The molecule has 0 radical (unpaired) electrons. The van der Waals surface area contributed by atoms with Crippen LogP contribution in [0.3, 0.4) is 0 Å². The van der Waals surface area contributed by atoms with Gasteiger partial charge >= 0.3 is 0 Å². The molecule has 0 aromatic heterocycles. The highest BCUT2D eigenvalue weighted by molar-refractivity contribution is 14.0. The van der Waals surface area contributed by atoms with Crippen LogP contribution in [0.15, 0.2) is 64.5 Å². The SMILES string of the molecule is CN=C(NCc1ccc(S(C)(=O)=O)cc1)NCC(C)COCc1ccccc1.I. The molecule has 2 aromatic carbocycles. The summed E-state index contributed by atoms with van der Waals surface area (Å²) in [7, 11) is -1.45. The summed E-state index contributed by atoms with van der Waals surface area (Å²) >= 11 is 0. The van der Waals surface area contributed by atoms with Crippen molar-refractivity contribution in [3.05, 3.63) is 65.7 Å². The quantitative estimate of drug-likeness (QED) is 0.295. The fraction of sp³-hybridized carbons (Fsp3) is 0.381. The zero-order valence-corrected chi connectivity index (χ0v) is 20.2.